The normalized spacial score (nSPS) is 12.6. The highest BCUT2D eigenvalue weighted by atomic mass is 35.5. The molecular weight excluding hydrogens is 238 g/mol. The van der Waals surface area contributed by atoms with Crippen LogP contribution in [0.1, 0.15) is 16.4 Å². The summed E-state index contributed by atoms with van der Waals surface area (Å²) in [6.07, 6.45) is 0.913. The van der Waals surface area contributed by atoms with Gasteiger partial charge in [-0.05, 0) is 29.5 Å². The highest BCUT2D eigenvalue weighted by molar-refractivity contribution is 7.10. The van der Waals surface area contributed by atoms with Crippen molar-refractivity contribution in [1.29, 1.82) is 0 Å². The first-order valence-electron chi connectivity index (χ1n) is 5.28. The van der Waals surface area contributed by atoms with Crippen molar-refractivity contribution >= 4 is 22.9 Å². The highest BCUT2D eigenvalue weighted by Gasteiger charge is 2.12. The molecule has 1 heterocycles. The minimum Gasteiger partial charge on any atom is -0.330 e. The van der Waals surface area contributed by atoms with E-state index in [9.17, 15) is 0 Å². The summed E-state index contributed by atoms with van der Waals surface area (Å²) in [6.45, 7) is 0.658. The van der Waals surface area contributed by atoms with Crippen LogP contribution >= 0.6 is 22.9 Å². The van der Waals surface area contributed by atoms with Crippen molar-refractivity contribution in [2.75, 3.05) is 6.54 Å². The second kappa shape index (κ2) is 5.48. The Kier molecular flexibility index (Phi) is 3.99. The van der Waals surface area contributed by atoms with E-state index in [0.717, 1.165) is 11.4 Å². The molecule has 2 N–H and O–H groups in total. The zero-order chi connectivity index (χ0) is 11.4. The molecule has 1 aromatic carbocycles. The van der Waals surface area contributed by atoms with E-state index in [1.807, 2.05) is 18.2 Å². The monoisotopic (exact) mass is 251 g/mol. The Hall–Kier alpha value is -0.830. The fraction of sp³-hybridized carbons (Fsp3) is 0.231. The van der Waals surface area contributed by atoms with E-state index in [2.05, 4.69) is 23.6 Å². The lowest BCUT2D eigenvalue weighted by molar-refractivity contribution is 0.707. The van der Waals surface area contributed by atoms with Gasteiger partial charge in [0.05, 0.1) is 0 Å². The van der Waals surface area contributed by atoms with Crippen molar-refractivity contribution in [3.63, 3.8) is 0 Å². The zero-order valence-electron chi connectivity index (χ0n) is 8.90. The van der Waals surface area contributed by atoms with E-state index in [4.69, 9.17) is 17.3 Å². The van der Waals surface area contributed by atoms with E-state index < -0.39 is 0 Å². The fourth-order valence-corrected chi connectivity index (χ4v) is 2.81. The van der Waals surface area contributed by atoms with Gasteiger partial charge in [0.1, 0.15) is 0 Å². The van der Waals surface area contributed by atoms with Gasteiger partial charge in [0, 0.05) is 22.4 Å². The van der Waals surface area contributed by atoms with Crippen LogP contribution in [0, 0.1) is 0 Å². The summed E-state index contributed by atoms with van der Waals surface area (Å²) in [4.78, 5) is 1.34. The molecule has 0 radical (unpaired) electrons. The smallest absolute Gasteiger partial charge is 0.0438 e. The van der Waals surface area contributed by atoms with E-state index in [1.165, 1.54) is 10.4 Å². The first kappa shape index (κ1) is 11.6. The quantitative estimate of drug-likeness (QED) is 0.881. The zero-order valence-corrected chi connectivity index (χ0v) is 10.5. The minimum absolute atomic E-state index is 0.375. The van der Waals surface area contributed by atoms with Gasteiger partial charge in [-0.1, -0.05) is 35.9 Å². The van der Waals surface area contributed by atoms with Crippen LogP contribution in [0.15, 0.2) is 41.8 Å². The molecule has 1 atom stereocenters. The van der Waals surface area contributed by atoms with Gasteiger partial charge in [-0.15, -0.1) is 11.3 Å². The first-order chi connectivity index (χ1) is 7.81. The largest absolute Gasteiger partial charge is 0.330 e. The molecular formula is C13H14ClNS. The van der Waals surface area contributed by atoms with Gasteiger partial charge in [0.25, 0.3) is 0 Å². The SMILES string of the molecule is NCC(Cc1ccccc1Cl)c1cccs1. The van der Waals surface area contributed by atoms with Gasteiger partial charge < -0.3 is 5.73 Å². The summed E-state index contributed by atoms with van der Waals surface area (Å²) in [5.41, 5.74) is 7.00. The van der Waals surface area contributed by atoms with Crippen LogP contribution in [0.25, 0.3) is 0 Å². The van der Waals surface area contributed by atoms with Crippen LogP contribution in [0.5, 0.6) is 0 Å². The second-order valence-electron chi connectivity index (χ2n) is 3.74. The number of benzene rings is 1. The highest BCUT2D eigenvalue weighted by Crippen LogP contribution is 2.27. The molecule has 0 fully saturated rings. The molecule has 2 aromatic rings. The predicted octanol–water partition coefficient (Wildman–Crippen LogP) is 3.69. The molecule has 1 nitrogen and oxygen atoms in total. The fourth-order valence-electron chi connectivity index (χ4n) is 1.75. The van der Waals surface area contributed by atoms with Gasteiger partial charge >= 0.3 is 0 Å². The lowest BCUT2D eigenvalue weighted by Gasteiger charge is -2.13. The third-order valence-electron chi connectivity index (χ3n) is 2.65. The molecule has 0 saturated carbocycles. The number of thiophene rings is 1. The number of rotatable bonds is 4. The van der Waals surface area contributed by atoms with Gasteiger partial charge in [-0.3, -0.25) is 0 Å². The number of hydrogen-bond acceptors (Lipinski definition) is 2. The van der Waals surface area contributed by atoms with Crippen molar-refractivity contribution in [3.8, 4) is 0 Å². The van der Waals surface area contributed by atoms with Crippen LogP contribution in [0.2, 0.25) is 5.02 Å². The molecule has 2 rings (SSSR count). The first-order valence-corrected chi connectivity index (χ1v) is 6.54. The molecule has 0 amide bonds. The summed E-state index contributed by atoms with van der Waals surface area (Å²) in [5.74, 6) is 0.375. The number of nitrogens with two attached hydrogens (primary N) is 1. The van der Waals surface area contributed by atoms with Crippen molar-refractivity contribution in [3.05, 3.63) is 57.2 Å². The molecule has 3 heteroatoms. The van der Waals surface area contributed by atoms with Crippen LogP contribution in [0.3, 0.4) is 0 Å². The second-order valence-corrected chi connectivity index (χ2v) is 5.13. The van der Waals surface area contributed by atoms with Crippen LogP contribution < -0.4 is 5.73 Å². The van der Waals surface area contributed by atoms with Gasteiger partial charge in [0.15, 0.2) is 0 Å². The lowest BCUT2D eigenvalue weighted by atomic mass is 9.98. The van der Waals surface area contributed by atoms with E-state index >= 15 is 0 Å². The third-order valence-corrected chi connectivity index (χ3v) is 4.06. The van der Waals surface area contributed by atoms with Crippen molar-refractivity contribution in [1.82, 2.24) is 0 Å². The molecule has 0 aliphatic carbocycles. The van der Waals surface area contributed by atoms with E-state index in [0.29, 0.717) is 12.5 Å². The molecule has 1 unspecified atom stereocenters. The minimum atomic E-state index is 0.375. The van der Waals surface area contributed by atoms with Crippen molar-refractivity contribution in [2.45, 2.75) is 12.3 Å². The van der Waals surface area contributed by atoms with Crippen LogP contribution in [0.4, 0.5) is 0 Å². The summed E-state index contributed by atoms with van der Waals surface area (Å²) in [6, 6.07) is 12.2. The van der Waals surface area contributed by atoms with Crippen LogP contribution in [-0.2, 0) is 6.42 Å². The lowest BCUT2D eigenvalue weighted by Crippen LogP contribution is -2.14. The molecule has 16 heavy (non-hydrogen) atoms. The Morgan fingerprint density at radius 2 is 2.00 bits per heavy atom. The Morgan fingerprint density at radius 3 is 2.62 bits per heavy atom. The molecule has 0 bridgehead atoms. The summed E-state index contributed by atoms with van der Waals surface area (Å²) in [7, 11) is 0. The number of hydrogen-bond donors (Lipinski definition) is 1. The maximum Gasteiger partial charge on any atom is 0.0438 e. The van der Waals surface area contributed by atoms with Gasteiger partial charge in [-0.2, -0.15) is 0 Å². The molecule has 1 aromatic heterocycles. The predicted molar refractivity (Wildman–Crippen MR) is 71.3 cm³/mol. The topological polar surface area (TPSA) is 26.0 Å². The van der Waals surface area contributed by atoms with Crippen molar-refractivity contribution in [2.24, 2.45) is 5.73 Å². The van der Waals surface area contributed by atoms with Gasteiger partial charge in [0.2, 0.25) is 0 Å². The standard InChI is InChI=1S/C13H14ClNS/c14-12-5-2-1-4-10(12)8-11(9-15)13-6-3-7-16-13/h1-7,11H,8-9,15H2. The Bertz CT molecular complexity index is 439. The Labute approximate surface area is 105 Å². The van der Waals surface area contributed by atoms with Crippen molar-refractivity contribution < 1.29 is 0 Å². The average Bonchev–Trinajstić information content (AvgIpc) is 2.81. The third kappa shape index (κ3) is 2.64. The number of halogens is 1. The summed E-state index contributed by atoms with van der Waals surface area (Å²) >= 11 is 7.91. The van der Waals surface area contributed by atoms with E-state index in [1.54, 1.807) is 11.3 Å². The molecule has 84 valence electrons. The summed E-state index contributed by atoms with van der Waals surface area (Å²) in [5, 5.41) is 2.92. The van der Waals surface area contributed by atoms with E-state index in [-0.39, 0.29) is 0 Å². The Balaban J connectivity index is 2.17. The maximum atomic E-state index is 6.15. The molecule has 0 aliphatic heterocycles. The van der Waals surface area contributed by atoms with Crippen LogP contribution in [-0.4, -0.2) is 6.54 Å². The summed E-state index contributed by atoms with van der Waals surface area (Å²) < 4.78 is 0. The average molecular weight is 252 g/mol. The molecule has 0 saturated heterocycles. The molecule has 0 aliphatic rings. The Morgan fingerprint density at radius 1 is 1.19 bits per heavy atom. The maximum absolute atomic E-state index is 6.15. The van der Waals surface area contributed by atoms with Gasteiger partial charge in [-0.25, -0.2) is 0 Å². The molecule has 0 spiro atoms.